The van der Waals surface area contributed by atoms with E-state index >= 15 is 0 Å². The summed E-state index contributed by atoms with van der Waals surface area (Å²) < 4.78 is 11.2. The highest BCUT2D eigenvalue weighted by atomic mass is 16.5. The number of fused-ring (bicyclic) bond motifs is 1. The first-order chi connectivity index (χ1) is 16.5. The first-order valence-corrected chi connectivity index (χ1v) is 11.4. The number of aliphatic carboxylic acids is 2. The number of hydrogen-bond acceptors (Lipinski definition) is 6. The summed E-state index contributed by atoms with van der Waals surface area (Å²) in [5.41, 5.74) is 2.22. The number of rotatable bonds is 9. The van der Waals surface area contributed by atoms with Gasteiger partial charge in [-0.15, -0.1) is 0 Å². The molecule has 2 N–H and O–H groups in total. The van der Waals surface area contributed by atoms with E-state index in [9.17, 15) is 9.59 Å². The fourth-order valence-electron chi connectivity index (χ4n) is 3.86. The Balaban J connectivity index is 0.000000350. The normalized spacial score (nSPS) is 14.6. The Hall–Kier alpha value is -3.65. The molecule has 34 heavy (non-hydrogen) atoms. The Morgan fingerprint density at radius 2 is 1.65 bits per heavy atom. The number of carboxylic acid groups (broad SMARTS) is 2. The van der Waals surface area contributed by atoms with Gasteiger partial charge in [-0.25, -0.2) is 9.59 Å². The van der Waals surface area contributed by atoms with Crippen LogP contribution in [0.4, 0.5) is 0 Å². The van der Waals surface area contributed by atoms with Gasteiger partial charge < -0.3 is 24.4 Å². The summed E-state index contributed by atoms with van der Waals surface area (Å²) in [6.45, 7) is 4.28. The van der Waals surface area contributed by atoms with E-state index in [0.717, 1.165) is 36.3 Å². The molecule has 0 unspecified atom stereocenters. The highest BCUT2D eigenvalue weighted by Gasteiger charge is 2.19. The predicted molar refractivity (Wildman–Crippen MR) is 128 cm³/mol. The summed E-state index contributed by atoms with van der Waals surface area (Å²) in [6, 6.07) is 18.6. The van der Waals surface area contributed by atoms with Crippen LogP contribution in [0.5, 0.6) is 5.88 Å². The monoisotopic (exact) mass is 466 g/mol. The number of aromatic nitrogens is 1. The molecule has 0 spiro atoms. The summed E-state index contributed by atoms with van der Waals surface area (Å²) in [4.78, 5) is 21.7. The van der Waals surface area contributed by atoms with Gasteiger partial charge >= 0.3 is 11.9 Å². The van der Waals surface area contributed by atoms with E-state index in [1.54, 1.807) is 0 Å². The van der Waals surface area contributed by atoms with Gasteiger partial charge in [0.15, 0.2) is 5.58 Å². The van der Waals surface area contributed by atoms with Crippen LogP contribution in [0.15, 0.2) is 71.3 Å². The first kappa shape index (κ1) is 25.0. The van der Waals surface area contributed by atoms with Crippen LogP contribution in [-0.4, -0.2) is 58.4 Å². The summed E-state index contributed by atoms with van der Waals surface area (Å²) in [7, 11) is 0. The molecule has 0 atom stereocenters. The van der Waals surface area contributed by atoms with Crippen LogP contribution in [0.1, 0.15) is 24.8 Å². The van der Waals surface area contributed by atoms with Gasteiger partial charge in [-0.1, -0.05) is 42.5 Å². The molecule has 1 aliphatic rings. The Bertz CT molecular complexity index is 1060. The van der Waals surface area contributed by atoms with Crippen LogP contribution in [0.25, 0.3) is 11.0 Å². The molecule has 1 saturated heterocycles. The molecule has 0 aliphatic carbocycles. The summed E-state index contributed by atoms with van der Waals surface area (Å²) >= 11 is 0. The number of likely N-dealkylation sites (tertiary alicyclic amines) is 1. The van der Waals surface area contributed by atoms with Crippen molar-refractivity contribution in [2.45, 2.75) is 25.7 Å². The maximum atomic E-state index is 9.55. The number of carbonyl (C=O) groups is 2. The number of benzene rings is 2. The molecule has 0 amide bonds. The molecule has 4 rings (SSSR count). The Kier molecular flexibility index (Phi) is 9.66. The van der Waals surface area contributed by atoms with Crippen molar-refractivity contribution in [2.75, 3.05) is 26.2 Å². The van der Waals surface area contributed by atoms with Crippen molar-refractivity contribution >= 4 is 22.9 Å². The van der Waals surface area contributed by atoms with E-state index in [1.807, 2.05) is 24.3 Å². The van der Waals surface area contributed by atoms with Crippen LogP contribution in [-0.2, 0) is 16.0 Å². The minimum atomic E-state index is -1.26. The molecule has 2 heterocycles. The van der Waals surface area contributed by atoms with Crippen LogP contribution in [0, 0.1) is 5.92 Å². The highest BCUT2D eigenvalue weighted by Crippen LogP contribution is 2.26. The van der Waals surface area contributed by atoms with Crippen molar-refractivity contribution in [3.8, 4) is 5.88 Å². The lowest BCUT2D eigenvalue weighted by atomic mass is 9.93. The lowest BCUT2D eigenvalue weighted by molar-refractivity contribution is -0.134. The Labute approximate surface area is 198 Å². The lowest BCUT2D eigenvalue weighted by Gasteiger charge is -2.31. The number of nitrogens with zero attached hydrogens (tertiary/aromatic N) is 2. The zero-order valence-corrected chi connectivity index (χ0v) is 19.0. The SMILES string of the molecule is O=C(O)C=CC(=O)O.c1ccc(CCN2CCC(CCOc3noc4ccccc34)CC2)cc1. The number of hydrogen-bond donors (Lipinski definition) is 2. The van der Waals surface area contributed by atoms with Gasteiger partial charge in [-0.05, 0) is 67.5 Å². The summed E-state index contributed by atoms with van der Waals surface area (Å²) in [5.74, 6) is -1.14. The van der Waals surface area contributed by atoms with E-state index in [-0.39, 0.29) is 0 Å². The number of carboxylic acids is 2. The van der Waals surface area contributed by atoms with Gasteiger partial charge in [0.25, 0.3) is 5.88 Å². The summed E-state index contributed by atoms with van der Waals surface area (Å²) in [5, 5.41) is 20.6. The molecule has 0 radical (unpaired) electrons. The number of para-hydroxylation sites is 1. The molecule has 1 fully saturated rings. The first-order valence-electron chi connectivity index (χ1n) is 11.4. The van der Waals surface area contributed by atoms with Gasteiger partial charge in [0, 0.05) is 18.7 Å². The molecular weight excluding hydrogens is 436 g/mol. The van der Waals surface area contributed by atoms with Crippen molar-refractivity contribution in [2.24, 2.45) is 5.92 Å². The van der Waals surface area contributed by atoms with Crippen LogP contribution in [0.2, 0.25) is 0 Å². The van der Waals surface area contributed by atoms with Gasteiger partial charge in [0.1, 0.15) is 0 Å². The molecule has 8 heteroatoms. The highest BCUT2D eigenvalue weighted by molar-refractivity contribution is 5.89. The second kappa shape index (κ2) is 13.2. The zero-order chi connectivity index (χ0) is 24.2. The van der Waals surface area contributed by atoms with Crippen molar-refractivity contribution in [3.63, 3.8) is 0 Å². The zero-order valence-electron chi connectivity index (χ0n) is 19.0. The molecule has 1 aromatic heterocycles. The van der Waals surface area contributed by atoms with E-state index in [4.69, 9.17) is 19.5 Å². The largest absolute Gasteiger partial charge is 0.478 e. The minimum absolute atomic E-state index is 0.558. The molecule has 3 aromatic rings. The van der Waals surface area contributed by atoms with E-state index < -0.39 is 11.9 Å². The smallest absolute Gasteiger partial charge is 0.328 e. The third-order valence-electron chi connectivity index (χ3n) is 5.74. The lowest BCUT2D eigenvalue weighted by Crippen LogP contribution is -2.35. The van der Waals surface area contributed by atoms with E-state index in [1.165, 1.54) is 31.5 Å². The number of piperidine rings is 1. The third kappa shape index (κ3) is 8.37. The fraction of sp³-hybridized carbons (Fsp3) is 0.346. The van der Waals surface area contributed by atoms with Crippen molar-refractivity contribution in [3.05, 3.63) is 72.3 Å². The average Bonchev–Trinajstić information content (AvgIpc) is 3.26. The van der Waals surface area contributed by atoms with Crippen LogP contribution in [0.3, 0.4) is 0 Å². The van der Waals surface area contributed by atoms with Crippen LogP contribution < -0.4 is 4.74 Å². The standard InChI is InChI=1S/C22H26N2O2.C4H4O4/c1-2-6-18(7-3-1)10-14-24-15-11-19(12-16-24)13-17-25-22-20-8-4-5-9-21(20)26-23-22;5-3(6)1-2-4(7)8/h1-9,19H,10-17H2;1-2H,(H,5,6)(H,7,8). The summed E-state index contributed by atoms with van der Waals surface area (Å²) in [6.07, 6.45) is 5.88. The Morgan fingerprint density at radius 1 is 1.00 bits per heavy atom. The van der Waals surface area contributed by atoms with E-state index in [0.29, 0.717) is 24.6 Å². The van der Waals surface area contributed by atoms with E-state index in [2.05, 4.69) is 40.4 Å². The molecule has 2 aromatic carbocycles. The van der Waals surface area contributed by atoms with Gasteiger partial charge in [-0.3, -0.25) is 0 Å². The predicted octanol–water partition coefficient (Wildman–Crippen LogP) is 4.26. The molecule has 0 saturated carbocycles. The Morgan fingerprint density at radius 3 is 2.32 bits per heavy atom. The average molecular weight is 467 g/mol. The van der Waals surface area contributed by atoms with Gasteiger partial charge in [0.05, 0.1) is 12.0 Å². The van der Waals surface area contributed by atoms with Gasteiger partial charge in [0.2, 0.25) is 0 Å². The van der Waals surface area contributed by atoms with Crippen molar-refractivity contribution in [1.82, 2.24) is 10.1 Å². The molecule has 180 valence electrons. The second-order valence-electron chi connectivity index (χ2n) is 8.15. The maximum Gasteiger partial charge on any atom is 0.328 e. The maximum absolute atomic E-state index is 9.55. The quantitative estimate of drug-likeness (QED) is 0.450. The molecule has 8 nitrogen and oxygen atoms in total. The van der Waals surface area contributed by atoms with Gasteiger partial charge in [-0.2, -0.15) is 0 Å². The number of ether oxygens (including phenoxy) is 1. The molecule has 1 aliphatic heterocycles. The molecular formula is C26H30N2O6. The van der Waals surface area contributed by atoms with Crippen molar-refractivity contribution < 1.29 is 29.1 Å². The third-order valence-corrected chi connectivity index (χ3v) is 5.74. The van der Waals surface area contributed by atoms with Crippen LogP contribution >= 0.6 is 0 Å². The fourth-order valence-corrected chi connectivity index (χ4v) is 3.86. The minimum Gasteiger partial charge on any atom is -0.478 e. The second-order valence-corrected chi connectivity index (χ2v) is 8.15. The van der Waals surface area contributed by atoms with Crippen molar-refractivity contribution in [1.29, 1.82) is 0 Å². The molecule has 0 bridgehead atoms. The topological polar surface area (TPSA) is 113 Å².